The van der Waals surface area contributed by atoms with E-state index in [1.165, 1.54) is 0 Å². The van der Waals surface area contributed by atoms with Gasteiger partial charge in [-0.25, -0.2) is 11.6 Å². The lowest BCUT2D eigenvalue weighted by molar-refractivity contribution is -0.141. The van der Waals surface area contributed by atoms with E-state index < -0.39 is 11.6 Å². The van der Waals surface area contributed by atoms with Gasteiger partial charge in [-0.15, -0.1) is 0 Å². The van der Waals surface area contributed by atoms with Gasteiger partial charge in [0.15, 0.2) is 0 Å². The fourth-order valence-electron chi connectivity index (χ4n) is 6.14. The predicted octanol–water partition coefficient (Wildman–Crippen LogP) is 4.84. The molecule has 0 radical (unpaired) electrons. The standard InChI is InChI=1S/C22H32N2O2S/c1-14(2)17-9-12-22(5,26-17)16-7-10-20(3,24-13-27)15-8-11-21(4,25)19(23-6)18(15)16/h15-19,25H,1,7-12H2,2-5H3/t15-,16-,17-,18-,19+,20+,21+,22+/m0/s1. The Labute approximate surface area is 168 Å². The maximum atomic E-state index is 11.0. The van der Waals surface area contributed by atoms with Crippen molar-refractivity contribution in [3.63, 3.8) is 0 Å². The SMILES string of the molecule is [C-]#[N+][C@@H]1[C@H]2[C@H](CC[C@@]1(C)O)[C@](C)(N=C=S)CC[C@@H]2[C@@]1(C)CC[C@@H](C(=C)C)O1. The fourth-order valence-corrected chi connectivity index (χ4v) is 6.34. The van der Waals surface area contributed by atoms with E-state index in [0.29, 0.717) is 6.42 Å². The molecule has 0 amide bonds. The van der Waals surface area contributed by atoms with Gasteiger partial charge in [0.25, 0.3) is 6.04 Å². The van der Waals surface area contributed by atoms with Crippen LogP contribution in [0, 0.1) is 24.3 Å². The molecule has 0 aromatic heterocycles. The molecule has 0 unspecified atom stereocenters. The third-order valence-corrected chi connectivity index (χ3v) is 7.83. The number of aliphatic imine (C=N–C) groups is 1. The molecule has 2 saturated carbocycles. The molecule has 1 N–H and O–H groups in total. The Bertz CT molecular complexity index is 708. The third kappa shape index (κ3) is 3.42. The molecule has 27 heavy (non-hydrogen) atoms. The van der Waals surface area contributed by atoms with Crippen LogP contribution in [0.3, 0.4) is 0 Å². The molecule has 0 aromatic rings. The van der Waals surface area contributed by atoms with Gasteiger partial charge in [0.1, 0.15) is 5.60 Å². The second kappa shape index (κ2) is 7.08. The number of aliphatic hydroxyl groups is 1. The highest BCUT2D eigenvalue weighted by Crippen LogP contribution is 2.58. The minimum Gasteiger partial charge on any atom is -0.382 e. The number of hydrogen-bond donors (Lipinski definition) is 1. The monoisotopic (exact) mass is 388 g/mol. The van der Waals surface area contributed by atoms with E-state index in [4.69, 9.17) is 23.5 Å². The van der Waals surface area contributed by atoms with Crippen LogP contribution in [0.2, 0.25) is 0 Å². The summed E-state index contributed by atoms with van der Waals surface area (Å²) >= 11 is 4.94. The van der Waals surface area contributed by atoms with Crippen molar-refractivity contribution in [1.82, 2.24) is 0 Å². The molecule has 0 aromatic carbocycles. The number of nitrogens with zero attached hydrogens (tertiary/aromatic N) is 2. The molecule has 1 heterocycles. The highest BCUT2D eigenvalue weighted by Gasteiger charge is 2.63. The van der Waals surface area contributed by atoms with Crippen molar-refractivity contribution in [1.29, 1.82) is 0 Å². The first-order chi connectivity index (χ1) is 12.6. The lowest BCUT2D eigenvalue weighted by Gasteiger charge is -2.55. The molecule has 3 fully saturated rings. The maximum Gasteiger partial charge on any atom is 0.255 e. The average Bonchev–Trinajstić information content (AvgIpc) is 2.98. The molecule has 5 heteroatoms. The minimum atomic E-state index is -0.969. The summed E-state index contributed by atoms with van der Waals surface area (Å²) in [6.45, 7) is 20.2. The van der Waals surface area contributed by atoms with Gasteiger partial charge < -0.3 is 14.7 Å². The highest BCUT2D eigenvalue weighted by molar-refractivity contribution is 7.78. The van der Waals surface area contributed by atoms with Crippen LogP contribution in [0.15, 0.2) is 17.1 Å². The second-order valence-electron chi connectivity index (χ2n) is 9.66. The van der Waals surface area contributed by atoms with Crippen LogP contribution in [0.1, 0.15) is 66.2 Å². The van der Waals surface area contributed by atoms with E-state index in [9.17, 15) is 5.11 Å². The number of thiocarbonyl (C=S) groups is 1. The quantitative estimate of drug-likeness (QED) is 0.326. The smallest absolute Gasteiger partial charge is 0.255 e. The predicted molar refractivity (Wildman–Crippen MR) is 111 cm³/mol. The van der Waals surface area contributed by atoms with Crippen molar-refractivity contribution < 1.29 is 9.84 Å². The molecular formula is C22H32N2O2S. The second-order valence-corrected chi connectivity index (χ2v) is 9.85. The van der Waals surface area contributed by atoms with Crippen molar-refractivity contribution in [2.45, 2.75) is 95.1 Å². The Balaban J connectivity index is 2.02. The molecule has 8 atom stereocenters. The van der Waals surface area contributed by atoms with Crippen LogP contribution < -0.4 is 0 Å². The van der Waals surface area contributed by atoms with Crippen LogP contribution in [0.4, 0.5) is 0 Å². The van der Waals surface area contributed by atoms with E-state index in [-0.39, 0.29) is 35.0 Å². The molecule has 0 bridgehead atoms. The van der Waals surface area contributed by atoms with Crippen LogP contribution in [0.5, 0.6) is 0 Å². The molecule has 148 valence electrons. The normalized spacial score (nSPS) is 49.6. The number of fused-ring (bicyclic) bond motifs is 1. The largest absolute Gasteiger partial charge is 0.382 e. The Hall–Kier alpha value is -1.05. The summed E-state index contributed by atoms with van der Waals surface area (Å²) < 4.78 is 6.54. The zero-order chi connectivity index (χ0) is 20.0. The van der Waals surface area contributed by atoms with Gasteiger partial charge in [0.05, 0.1) is 22.4 Å². The summed E-state index contributed by atoms with van der Waals surface area (Å²) in [5, 5.41) is 13.6. The Kier molecular flexibility index (Phi) is 5.42. The van der Waals surface area contributed by atoms with Gasteiger partial charge in [-0.05, 0) is 90.3 Å². The lowest BCUT2D eigenvalue weighted by Crippen LogP contribution is -2.62. The number of rotatable bonds is 3. The summed E-state index contributed by atoms with van der Waals surface area (Å²) in [7, 11) is 0. The van der Waals surface area contributed by atoms with Gasteiger partial charge in [-0.1, -0.05) is 12.2 Å². The van der Waals surface area contributed by atoms with Crippen LogP contribution in [0.25, 0.3) is 4.85 Å². The molecule has 2 aliphatic carbocycles. The first-order valence-electron chi connectivity index (χ1n) is 10.1. The maximum absolute atomic E-state index is 11.0. The Morgan fingerprint density at radius 3 is 2.44 bits per heavy atom. The van der Waals surface area contributed by atoms with Crippen molar-refractivity contribution in [2.24, 2.45) is 22.7 Å². The van der Waals surface area contributed by atoms with E-state index in [1.807, 2.05) is 13.8 Å². The Morgan fingerprint density at radius 2 is 1.89 bits per heavy atom. The van der Waals surface area contributed by atoms with Crippen molar-refractivity contribution in [2.75, 3.05) is 0 Å². The van der Waals surface area contributed by atoms with E-state index in [2.05, 4.69) is 35.4 Å². The number of isothiocyanates is 1. The first-order valence-corrected chi connectivity index (χ1v) is 10.5. The summed E-state index contributed by atoms with van der Waals surface area (Å²) in [5.41, 5.74) is -0.487. The number of ether oxygens (including phenoxy) is 1. The zero-order valence-corrected chi connectivity index (χ0v) is 17.8. The first kappa shape index (κ1) is 20.7. The summed E-state index contributed by atoms with van der Waals surface area (Å²) in [6, 6.07) is -0.439. The van der Waals surface area contributed by atoms with Crippen molar-refractivity contribution >= 4 is 17.4 Å². The van der Waals surface area contributed by atoms with Crippen LogP contribution in [-0.4, -0.2) is 39.2 Å². The highest BCUT2D eigenvalue weighted by atomic mass is 32.1. The van der Waals surface area contributed by atoms with Gasteiger partial charge in [-0.2, -0.15) is 0 Å². The van der Waals surface area contributed by atoms with E-state index in [0.717, 1.165) is 37.7 Å². The van der Waals surface area contributed by atoms with Gasteiger partial charge in [0, 0.05) is 5.92 Å². The third-order valence-electron chi connectivity index (χ3n) is 7.74. The van der Waals surface area contributed by atoms with E-state index in [1.54, 1.807) is 0 Å². The lowest BCUT2D eigenvalue weighted by atomic mass is 9.51. The van der Waals surface area contributed by atoms with Crippen molar-refractivity contribution in [3.8, 4) is 0 Å². The molecule has 1 saturated heterocycles. The molecular weight excluding hydrogens is 356 g/mol. The van der Waals surface area contributed by atoms with Crippen molar-refractivity contribution in [3.05, 3.63) is 23.6 Å². The molecule has 3 aliphatic rings. The van der Waals surface area contributed by atoms with Gasteiger partial charge in [-0.3, -0.25) is 0 Å². The molecule has 0 spiro atoms. The fraction of sp³-hybridized carbons (Fsp3) is 0.818. The number of hydrogen-bond acceptors (Lipinski definition) is 4. The van der Waals surface area contributed by atoms with Gasteiger partial charge in [0.2, 0.25) is 0 Å². The van der Waals surface area contributed by atoms with Gasteiger partial charge >= 0.3 is 0 Å². The topological polar surface area (TPSA) is 46.2 Å². The summed E-state index contributed by atoms with van der Waals surface area (Å²) in [5.74, 6) is 0.493. The zero-order valence-electron chi connectivity index (χ0n) is 17.0. The summed E-state index contributed by atoms with van der Waals surface area (Å²) in [6.07, 6.45) is 5.38. The van der Waals surface area contributed by atoms with Crippen LogP contribution in [-0.2, 0) is 4.74 Å². The minimum absolute atomic E-state index is 0.0472. The Morgan fingerprint density at radius 1 is 1.22 bits per heavy atom. The molecule has 4 nitrogen and oxygen atoms in total. The summed E-state index contributed by atoms with van der Waals surface area (Å²) in [4.78, 5) is 8.52. The van der Waals surface area contributed by atoms with E-state index >= 15 is 0 Å². The van der Waals surface area contributed by atoms with Crippen LogP contribution >= 0.6 is 12.2 Å². The molecule has 3 rings (SSSR count). The molecule has 1 aliphatic heterocycles. The average molecular weight is 389 g/mol.